The summed E-state index contributed by atoms with van der Waals surface area (Å²) in [7, 11) is 0. The zero-order valence-corrected chi connectivity index (χ0v) is 10.6. The maximum atomic E-state index is 13.6. The Kier molecular flexibility index (Phi) is 5.58. The lowest BCUT2D eigenvalue weighted by Crippen LogP contribution is -2.19. The van der Waals surface area contributed by atoms with Gasteiger partial charge in [-0.2, -0.15) is 0 Å². The Morgan fingerprint density at radius 1 is 1.44 bits per heavy atom. The lowest BCUT2D eigenvalue weighted by Gasteiger charge is -2.12. The van der Waals surface area contributed by atoms with Crippen LogP contribution < -0.4 is 10.5 Å². The van der Waals surface area contributed by atoms with Crippen LogP contribution in [0, 0.1) is 5.82 Å². The van der Waals surface area contributed by atoms with Crippen LogP contribution in [0.3, 0.4) is 0 Å². The van der Waals surface area contributed by atoms with E-state index in [9.17, 15) is 9.18 Å². The smallest absolute Gasteiger partial charge is 0.344 e. The van der Waals surface area contributed by atoms with Crippen LogP contribution in [0.2, 0.25) is 0 Å². The van der Waals surface area contributed by atoms with Crippen molar-refractivity contribution in [3.05, 3.63) is 29.6 Å². The van der Waals surface area contributed by atoms with Gasteiger partial charge in [-0.05, 0) is 38.4 Å². The van der Waals surface area contributed by atoms with Crippen molar-refractivity contribution in [3.63, 3.8) is 0 Å². The summed E-state index contributed by atoms with van der Waals surface area (Å²) in [6, 6.07) is 4.59. The lowest BCUT2D eigenvalue weighted by atomic mass is 10.1. The summed E-state index contributed by atoms with van der Waals surface area (Å²) in [6.07, 6.45) is 0.275. The molecule has 0 fully saturated rings. The van der Waals surface area contributed by atoms with E-state index in [0.29, 0.717) is 18.5 Å². The minimum Gasteiger partial charge on any atom is -0.479 e. The Balaban J connectivity index is 2.68. The van der Waals surface area contributed by atoms with Crippen LogP contribution in [0.25, 0.3) is 0 Å². The Hall–Kier alpha value is -1.62. The molecule has 0 saturated carbocycles. The van der Waals surface area contributed by atoms with Crippen molar-refractivity contribution in [1.29, 1.82) is 0 Å². The molecule has 0 unspecified atom stereocenters. The fourth-order valence-electron chi connectivity index (χ4n) is 1.50. The highest BCUT2D eigenvalue weighted by Crippen LogP contribution is 2.22. The fourth-order valence-corrected chi connectivity index (χ4v) is 1.50. The second-order valence-electron chi connectivity index (χ2n) is 4.09. The highest BCUT2D eigenvalue weighted by molar-refractivity contribution is 5.71. The van der Waals surface area contributed by atoms with Crippen LogP contribution in [-0.4, -0.2) is 25.2 Å². The summed E-state index contributed by atoms with van der Waals surface area (Å²) in [6.45, 7) is 3.55. The molecule has 18 heavy (non-hydrogen) atoms. The molecule has 100 valence electrons. The average molecular weight is 255 g/mol. The molecular formula is C13H18FNO3. The summed E-state index contributed by atoms with van der Waals surface area (Å²) < 4.78 is 23.6. The van der Waals surface area contributed by atoms with Gasteiger partial charge in [-0.3, -0.25) is 0 Å². The van der Waals surface area contributed by atoms with E-state index < -0.39 is 11.8 Å². The van der Waals surface area contributed by atoms with Crippen LogP contribution in [0.15, 0.2) is 18.2 Å². The highest BCUT2D eigenvalue weighted by atomic mass is 19.1. The van der Waals surface area contributed by atoms with Gasteiger partial charge in [0.05, 0.1) is 6.10 Å². The molecule has 0 amide bonds. The Labute approximate surface area is 106 Å². The lowest BCUT2D eigenvalue weighted by molar-refractivity contribution is -0.149. The van der Waals surface area contributed by atoms with Gasteiger partial charge in [0.1, 0.15) is 0 Å². The number of benzene rings is 1. The summed E-state index contributed by atoms with van der Waals surface area (Å²) in [5.74, 6) is -0.950. The average Bonchev–Trinajstić information content (AvgIpc) is 2.27. The summed E-state index contributed by atoms with van der Waals surface area (Å²) in [5.41, 5.74) is 6.08. The minimum atomic E-state index is -0.521. The number of hydrogen-bond acceptors (Lipinski definition) is 4. The van der Waals surface area contributed by atoms with Gasteiger partial charge < -0.3 is 15.2 Å². The Morgan fingerprint density at radius 3 is 2.78 bits per heavy atom. The summed E-state index contributed by atoms with van der Waals surface area (Å²) in [5, 5.41) is 0. The molecule has 4 nitrogen and oxygen atoms in total. The van der Waals surface area contributed by atoms with Gasteiger partial charge in [0.2, 0.25) is 0 Å². The standard InChI is InChI=1S/C13H18FNO3/c1-9(2)18-12(16)8-17-13-10(6-7-15)4-3-5-11(13)14/h3-5,9H,6-8,15H2,1-2H3. The number of carbonyl (C=O) groups is 1. The monoisotopic (exact) mass is 255 g/mol. The molecule has 0 radical (unpaired) electrons. The van der Waals surface area contributed by atoms with Gasteiger partial charge in [-0.25, -0.2) is 9.18 Å². The molecular weight excluding hydrogens is 237 g/mol. The molecule has 1 aromatic rings. The zero-order valence-electron chi connectivity index (χ0n) is 10.6. The SMILES string of the molecule is CC(C)OC(=O)COc1c(F)cccc1CCN. The van der Waals surface area contributed by atoms with Crippen LogP contribution in [0.1, 0.15) is 19.4 Å². The molecule has 5 heteroatoms. The quantitative estimate of drug-likeness (QED) is 0.785. The van der Waals surface area contributed by atoms with Crippen molar-refractivity contribution < 1.29 is 18.7 Å². The minimum absolute atomic E-state index is 0.0728. The molecule has 0 saturated heterocycles. The molecule has 1 aromatic carbocycles. The molecule has 0 aliphatic carbocycles. The molecule has 0 aromatic heterocycles. The molecule has 0 aliphatic rings. The van der Waals surface area contributed by atoms with E-state index in [4.69, 9.17) is 15.2 Å². The maximum Gasteiger partial charge on any atom is 0.344 e. The first-order chi connectivity index (χ1) is 8.54. The predicted octanol–water partition coefficient (Wildman–Crippen LogP) is 1.66. The number of hydrogen-bond donors (Lipinski definition) is 1. The number of halogens is 1. The van der Waals surface area contributed by atoms with Crippen molar-refractivity contribution in [2.24, 2.45) is 5.73 Å². The first-order valence-electron chi connectivity index (χ1n) is 5.84. The number of carbonyl (C=O) groups excluding carboxylic acids is 1. The topological polar surface area (TPSA) is 61.5 Å². The normalized spacial score (nSPS) is 10.5. The van der Waals surface area contributed by atoms with E-state index >= 15 is 0 Å². The van der Waals surface area contributed by atoms with E-state index in [0.717, 1.165) is 0 Å². The molecule has 0 aliphatic heterocycles. The Morgan fingerprint density at radius 2 is 2.17 bits per heavy atom. The van der Waals surface area contributed by atoms with Crippen molar-refractivity contribution in [1.82, 2.24) is 0 Å². The van der Waals surface area contributed by atoms with Crippen LogP contribution in [0.5, 0.6) is 5.75 Å². The third kappa shape index (κ3) is 4.33. The molecule has 0 atom stereocenters. The summed E-state index contributed by atoms with van der Waals surface area (Å²) in [4.78, 5) is 11.3. The van der Waals surface area contributed by atoms with E-state index in [1.165, 1.54) is 6.07 Å². The molecule has 1 rings (SSSR count). The molecule has 0 heterocycles. The van der Waals surface area contributed by atoms with Gasteiger partial charge in [0.15, 0.2) is 18.2 Å². The third-order valence-corrected chi connectivity index (χ3v) is 2.16. The van der Waals surface area contributed by atoms with Gasteiger partial charge in [0.25, 0.3) is 0 Å². The first-order valence-corrected chi connectivity index (χ1v) is 5.84. The first kappa shape index (κ1) is 14.4. The number of ether oxygens (including phenoxy) is 2. The summed E-state index contributed by atoms with van der Waals surface area (Å²) >= 11 is 0. The van der Waals surface area contributed by atoms with E-state index in [1.807, 2.05) is 0 Å². The van der Waals surface area contributed by atoms with E-state index in [2.05, 4.69) is 0 Å². The van der Waals surface area contributed by atoms with Gasteiger partial charge >= 0.3 is 5.97 Å². The largest absolute Gasteiger partial charge is 0.479 e. The van der Waals surface area contributed by atoms with Crippen molar-refractivity contribution >= 4 is 5.97 Å². The van der Waals surface area contributed by atoms with Crippen molar-refractivity contribution in [2.75, 3.05) is 13.2 Å². The van der Waals surface area contributed by atoms with Crippen molar-refractivity contribution in [3.8, 4) is 5.75 Å². The van der Waals surface area contributed by atoms with E-state index in [-0.39, 0.29) is 18.5 Å². The second-order valence-corrected chi connectivity index (χ2v) is 4.09. The number of nitrogens with two attached hydrogens (primary N) is 1. The third-order valence-electron chi connectivity index (χ3n) is 2.16. The fraction of sp³-hybridized carbons (Fsp3) is 0.462. The van der Waals surface area contributed by atoms with Gasteiger partial charge in [0, 0.05) is 0 Å². The molecule has 2 N–H and O–H groups in total. The second kappa shape index (κ2) is 6.96. The van der Waals surface area contributed by atoms with E-state index in [1.54, 1.807) is 26.0 Å². The highest BCUT2D eigenvalue weighted by Gasteiger charge is 2.12. The van der Waals surface area contributed by atoms with Gasteiger partial charge in [-0.15, -0.1) is 0 Å². The van der Waals surface area contributed by atoms with Crippen molar-refractivity contribution in [2.45, 2.75) is 26.4 Å². The number of rotatable bonds is 6. The molecule has 0 bridgehead atoms. The Bertz CT molecular complexity index is 407. The zero-order chi connectivity index (χ0) is 13.5. The number of esters is 1. The van der Waals surface area contributed by atoms with Crippen LogP contribution in [-0.2, 0) is 16.0 Å². The number of para-hydroxylation sites is 1. The van der Waals surface area contributed by atoms with Crippen LogP contribution in [0.4, 0.5) is 4.39 Å². The van der Waals surface area contributed by atoms with Crippen LogP contribution >= 0.6 is 0 Å². The molecule has 0 spiro atoms. The van der Waals surface area contributed by atoms with Gasteiger partial charge in [-0.1, -0.05) is 12.1 Å². The predicted molar refractivity (Wildman–Crippen MR) is 65.9 cm³/mol. The maximum absolute atomic E-state index is 13.6.